The monoisotopic (exact) mass is 404 g/mol. The van der Waals surface area contributed by atoms with E-state index in [1.165, 1.54) is 38.1 Å². The van der Waals surface area contributed by atoms with E-state index in [4.69, 9.17) is 4.74 Å². The highest BCUT2D eigenvalue weighted by molar-refractivity contribution is 7.89. The van der Waals surface area contributed by atoms with Gasteiger partial charge in [-0.3, -0.25) is 9.59 Å². The van der Waals surface area contributed by atoms with E-state index in [2.05, 4.69) is 5.32 Å². The number of benzene rings is 2. The number of hydrogen-bond donors (Lipinski definition) is 1. The van der Waals surface area contributed by atoms with E-state index in [0.717, 1.165) is 9.87 Å². The van der Waals surface area contributed by atoms with Crippen LogP contribution in [0.3, 0.4) is 0 Å². The van der Waals surface area contributed by atoms with Gasteiger partial charge in [0.05, 0.1) is 11.5 Å². The molecule has 0 aliphatic rings. The molecular weight excluding hydrogens is 380 g/mol. The lowest BCUT2D eigenvalue weighted by atomic mass is 10.2. The third-order valence-electron chi connectivity index (χ3n) is 4.02. The van der Waals surface area contributed by atoms with Gasteiger partial charge >= 0.3 is 5.97 Å². The predicted octanol–water partition coefficient (Wildman–Crippen LogP) is 2.79. The van der Waals surface area contributed by atoms with Crippen LogP contribution in [0.4, 0.5) is 5.69 Å². The van der Waals surface area contributed by atoms with Crippen LogP contribution in [0.15, 0.2) is 59.5 Å². The van der Waals surface area contributed by atoms with Gasteiger partial charge in [-0.05, 0) is 43.7 Å². The molecule has 0 heterocycles. The molecule has 0 bridgehead atoms. The van der Waals surface area contributed by atoms with Crippen LogP contribution in [0.2, 0.25) is 0 Å². The number of amides is 1. The van der Waals surface area contributed by atoms with Crippen LogP contribution in [0.5, 0.6) is 0 Å². The molecule has 28 heavy (non-hydrogen) atoms. The molecule has 0 aromatic heterocycles. The highest BCUT2D eigenvalue weighted by Gasteiger charge is 2.34. The van der Waals surface area contributed by atoms with Crippen molar-refractivity contribution in [3.05, 3.63) is 60.2 Å². The molecule has 0 spiro atoms. The van der Waals surface area contributed by atoms with Gasteiger partial charge in [-0.25, -0.2) is 8.42 Å². The number of carbonyl (C=O) groups excluding carboxylic acids is 2. The molecule has 2 rings (SSSR count). The Balaban J connectivity index is 2.39. The van der Waals surface area contributed by atoms with Crippen LogP contribution >= 0.6 is 0 Å². The fourth-order valence-corrected chi connectivity index (χ4v) is 4.19. The zero-order valence-corrected chi connectivity index (χ0v) is 16.9. The zero-order valence-electron chi connectivity index (χ0n) is 16.1. The van der Waals surface area contributed by atoms with E-state index < -0.39 is 22.0 Å². The fourth-order valence-electron chi connectivity index (χ4n) is 2.62. The maximum absolute atomic E-state index is 13.3. The lowest BCUT2D eigenvalue weighted by molar-refractivity contribution is -0.147. The van der Waals surface area contributed by atoms with Crippen molar-refractivity contribution >= 4 is 27.6 Å². The first-order valence-electron chi connectivity index (χ1n) is 8.85. The predicted molar refractivity (Wildman–Crippen MR) is 106 cm³/mol. The number of esters is 1. The summed E-state index contributed by atoms with van der Waals surface area (Å²) in [5, 5.41) is 2.59. The van der Waals surface area contributed by atoms with E-state index in [-0.39, 0.29) is 24.0 Å². The summed E-state index contributed by atoms with van der Waals surface area (Å²) >= 11 is 0. The normalized spacial score (nSPS) is 12.4. The first kappa shape index (κ1) is 21.6. The van der Waals surface area contributed by atoms with Crippen LogP contribution in [-0.2, 0) is 30.9 Å². The summed E-state index contributed by atoms with van der Waals surface area (Å²) in [5.74, 6) is -0.867. The molecule has 1 amide bonds. The van der Waals surface area contributed by atoms with Gasteiger partial charge in [0.1, 0.15) is 6.04 Å². The van der Waals surface area contributed by atoms with Crippen molar-refractivity contribution in [2.45, 2.75) is 38.3 Å². The van der Waals surface area contributed by atoms with Crippen molar-refractivity contribution in [1.29, 1.82) is 0 Å². The molecule has 7 nitrogen and oxygen atoms in total. The minimum Gasteiger partial charge on any atom is -0.465 e. The second kappa shape index (κ2) is 9.48. The Labute approximate surface area is 165 Å². The van der Waals surface area contributed by atoms with Gasteiger partial charge in [-0.2, -0.15) is 4.31 Å². The van der Waals surface area contributed by atoms with E-state index >= 15 is 0 Å². The van der Waals surface area contributed by atoms with Gasteiger partial charge in [0, 0.05) is 19.2 Å². The summed E-state index contributed by atoms with van der Waals surface area (Å²) < 4.78 is 32.6. The number of carbonyl (C=O) groups is 2. The van der Waals surface area contributed by atoms with Crippen molar-refractivity contribution in [2.24, 2.45) is 0 Å². The summed E-state index contributed by atoms with van der Waals surface area (Å²) in [7, 11) is -3.99. The maximum Gasteiger partial charge on any atom is 0.324 e. The smallest absolute Gasteiger partial charge is 0.324 e. The van der Waals surface area contributed by atoms with Crippen molar-refractivity contribution in [2.75, 3.05) is 11.9 Å². The molecule has 1 atom stereocenters. The van der Waals surface area contributed by atoms with E-state index in [1.807, 2.05) is 6.07 Å². The van der Waals surface area contributed by atoms with Crippen LogP contribution in [0, 0.1) is 0 Å². The summed E-state index contributed by atoms with van der Waals surface area (Å²) in [5.41, 5.74) is 1.23. The first-order valence-corrected chi connectivity index (χ1v) is 10.3. The lowest BCUT2D eigenvalue weighted by Gasteiger charge is -2.27. The molecule has 0 aliphatic carbocycles. The van der Waals surface area contributed by atoms with Gasteiger partial charge in [0.15, 0.2) is 0 Å². The number of ether oxygens (including phenoxy) is 1. The van der Waals surface area contributed by atoms with Crippen molar-refractivity contribution in [3.63, 3.8) is 0 Å². The highest BCUT2D eigenvalue weighted by atomic mass is 32.2. The first-order chi connectivity index (χ1) is 13.3. The number of sulfonamides is 1. The van der Waals surface area contributed by atoms with Gasteiger partial charge in [0.2, 0.25) is 15.9 Å². The third kappa shape index (κ3) is 5.40. The minimum absolute atomic E-state index is 0.0219. The lowest BCUT2D eigenvalue weighted by Crippen LogP contribution is -2.43. The molecular formula is C20H24N2O5S. The third-order valence-corrected chi connectivity index (χ3v) is 5.95. The van der Waals surface area contributed by atoms with E-state index in [9.17, 15) is 18.0 Å². The Kier molecular flexibility index (Phi) is 7.31. The number of rotatable bonds is 8. The number of nitrogens with zero attached hydrogens (tertiary/aromatic N) is 1. The Morgan fingerprint density at radius 2 is 1.68 bits per heavy atom. The minimum atomic E-state index is -3.99. The van der Waals surface area contributed by atoms with Crippen molar-refractivity contribution in [1.82, 2.24) is 4.31 Å². The van der Waals surface area contributed by atoms with Crippen LogP contribution in [0.25, 0.3) is 0 Å². The molecule has 1 N–H and O–H groups in total. The molecule has 0 saturated heterocycles. The molecule has 0 radical (unpaired) electrons. The molecule has 8 heteroatoms. The summed E-state index contributed by atoms with van der Waals surface area (Å²) in [6.07, 6.45) is 0. The Morgan fingerprint density at radius 1 is 1.07 bits per heavy atom. The standard InChI is InChI=1S/C20H24N2O5S/c1-4-27-20(24)15(2)22(14-17-8-6-5-7-9-17)28(25,26)19-12-10-18(11-13-19)21-16(3)23/h5-13,15H,4,14H2,1-3H3,(H,21,23). The Morgan fingerprint density at radius 3 is 2.21 bits per heavy atom. The summed E-state index contributed by atoms with van der Waals surface area (Å²) in [6.45, 7) is 4.73. The average Bonchev–Trinajstić information content (AvgIpc) is 2.66. The van der Waals surface area contributed by atoms with E-state index in [0.29, 0.717) is 5.69 Å². The second-order valence-electron chi connectivity index (χ2n) is 6.17. The Bertz CT molecular complexity index is 911. The zero-order chi connectivity index (χ0) is 20.7. The average molecular weight is 404 g/mol. The molecule has 2 aromatic carbocycles. The molecule has 0 aliphatic heterocycles. The second-order valence-corrected chi connectivity index (χ2v) is 8.06. The van der Waals surface area contributed by atoms with Gasteiger partial charge < -0.3 is 10.1 Å². The summed E-state index contributed by atoms with van der Waals surface area (Å²) in [4.78, 5) is 23.4. The largest absolute Gasteiger partial charge is 0.465 e. The molecule has 1 unspecified atom stereocenters. The number of nitrogens with one attached hydrogen (secondary N) is 1. The quantitative estimate of drug-likeness (QED) is 0.683. The molecule has 150 valence electrons. The highest BCUT2D eigenvalue weighted by Crippen LogP contribution is 2.23. The van der Waals surface area contributed by atoms with Crippen LogP contribution in [-0.4, -0.2) is 37.2 Å². The van der Waals surface area contributed by atoms with Crippen LogP contribution in [0.1, 0.15) is 26.3 Å². The molecule has 2 aromatic rings. The van der Waals surface area contributed by atoms with Gasteiger partial charge in [-0.1, -0.05) is 30.3 Å². The van der Waals surface area contributed by atoms with E-state index in [1.54, 1.807) is 31.2 Å². The number of anilines is 1. The maximum atomic E-state index is 13.3. The van der Waals surface area contributed by atoms with Gasteiger partial charge in [0.25, 0.3) is 0 Å². The fraction of sp³-hybridized carbons (Fsp3) is 0.300. The van der Waals surface area contributed by atoms with Crippen molar-refractivity contribution in [3.8, 4) is 0 Å². The van der Waals surface area contributed by atoms with Crippen LogP contribution < -0.4 is 5.32 Å². The summed E-state index contributed by atoms with van der Waals surface area (Å²) in [6, 6.07) is 13.8. The topological polar surface area (TPSA) is 92.8 Å². The number of hydrogen-bond acceptors (Lipinski definition) is 5. The van der Waals surface area contributed by atoms with Crippen molar-refractivity contribution < 1.29 is 22.7 Å². The van der Waals surface area contributed by atoms with Gasteiger partial charge in [-0.15, -0.1) is 0 Å². The Hall–Kier alpha value is -2.71. The SMILES string of the molecule is CCOC(=O)C(C)N(Cc1ccccc1)S(=O)(=O)c1ccc(NC(C)=O)cc1. The molecule has 0 fully saturated rings. The molecule has 0 saturated carbocycles.